The Morgan fingerprint density at radius 3 is 2.45 bits per heavy atom. The fraction of sp³-hybridized carbons (Fsp3) is 0.222. The highest BCUT2D eigenvalue weighted by molar-refractivity contribution is 5.47. The zero-order valence-corrected chi connectivity index (χ0v) is 12.4. The van der Waals surface area contributed by atoms with Gasteiger partial charge in [-0.1, -0.05) is 30.3 Å². The van der Waals surface area contributed by atoms with Gasteiger partial charge in [0.1, 0.15) is 5.82 Å². The Morgan fingerprint density at radius 1 is 1.09 bits per heavy atom. The molecule has 3 nitrogen and oxygen atoms in total. The van der Waals surface area contributed by atoms with Gasteiger partial charge in [0.05, 0.1) is 5.82 Å². The molecule has 3 rings (SSSR count). The average Bonchev–Trinajstić information content (AvgIpc) is 2.94. The first-order valence-electron chi connectivity index (χ1n) is 7.46. The minimum absolute atomic E-state index is 0.213. The molecule has 0 aromatic heterocycles. The minimum atomic E-state index is -0.213. The smallest absolute Gasteiger partial charge is 0.123 e. The number of rotatable bonds is 5. The second-order valence-corrected chi connectivity index (χ2v) is 5.61. The van der Waals surface area contributed by atoms with Crippen LogP contribution in [0.2, 0.25) is 0 Å². The fourth-order valence-electron chi connectivity index (χ4n) is 2.74. The number of anilines is 1. The summed E-state index contributed by atoms with van der Waals surface area (Å²) in [5.41, 5.74) is 8.04. The molecule has 1 aliphatic rings. The summed E-state index contributed by atoms with van der Waals surface area (Å²) in [6, 6.07) is 17.0. The van der Waals surface area contributed by atoms with E-state index in [1.165, 1.54) is 17.7 Å². The van der Waals surface area contributed by atoms with Crippen LogP contribution in [0.15, 0.2) is 66.5 Å². The van der Waals surface area contributed by atoms with Crippen molar-refractivity contribution in [1.82, 2.24) is 5.32 Å². The SMILES string of the molecule is NC1=C[C@H](CN(Cc2ccccc2)c2ccc(F)cc2)CN1. The lowest BCUT2D eigenvalue weighted by atomic mass is 10.1. The summed E-state index contributed by atoms with van der Waals surface area (Å²) in [7, 11) is 0. The van der Waals surface area contributed by atoms with E-state index in [4.69, 9.17) is 5.73 Å². The van der Waals surface area contributed by atoms with Crippen LogP contribution in [0.25, 0.3) is 0 Å². The van der Waals surface area contributed by atoms with Gasteiger partial charge in [0, 0.05) is 31.2 Å². The minimum Gasteiger partial charge on any atom is -0.386 e. The Balaban J connectivity index is 1.80. The van der Waals surface area contributed by atoms with E-state index in [1.807, 2.05) is 30.3 Å². The van der Waals surface area contributed by atoms with E-state index in [1.54, 1.807) is 0 Å². The van der Waals surface area contributed by atoms with Crippen LogP contribution in [0.5, 0.6) is 0 Å². The first-order chi connectivity index (χ1) is 10.7. The molecule has 2 aromatic carbocycles. The second kappa shape index (κ2) is 6.52. The Bertz CT molecular complexity index is 637. The van der Waals surface area contributed by atoms with Crippen molar-refractivity contribution in [2.45, 2.75) is 6.54 Å². The molecule has 0 spiro atoms. The standard InChI is InChI=1S/C18H20FN3/c19-16-6-8-17(9-7-16)22(12-14-4-2-1-3-5-14)13-15-10-18(20)21-11-15/h1-10,15,21H,11-13,20H2/t15-/m0/s1. The van der Waals surface area contributed by atoms with Crippen LogP contribution in [0.1, 0.15) is 5.56 Å². The number of nitrogens with two attached hydrogens (primary N) is 1. The van der Waals surface area contributed by atoms with Crippen molar-refractivity contribution in [1.29, 1.82) is 0 Å². The van der Waals surface area contributed by atoms with Gasteiger partial charge in [-0.25, -0.2) is 4.39 Å². The van der Waals surface area contributed by atoms with Gasteiger partial charge in [-0.05, 0) is 35.9 Å². The summed E-state index contributed by atoms with van der Waals surface area (Å²) in [6.45, 7) is 2.48. The summed E-state index contributed by atoms with van der Waals surface area (Å²) in [5.74, 6) is 0.882. The van der Waals surface area contributed by atoms with Gasteiger partial charge in [-0.3, -0.25) is 0 Å². The van der Waals surface area contributed by atoms with E-state index in [0.717, 1.165) is 31.1 Å². The number of benzene rings is 2. The van der Waals surface area contributed by atoms with E-state index in [9.17, 15) is 4.39 Å². The number of hydrogen-bond donors (Lipinski definition) is 2. The van der Waals surface area contributed by atoms with Crippen molar-refractivity contribution in [2.24, 2.45) is 11.7 Å². The predicted octanol–water partition coefficient (Wildman–Crippen LogP) is 2.85. The maximum atomic E-state index is 13.2. The van der Waals surface area contributed by atoms with E-state index in [-0.39, 0.29) is 5.82 Å². The molecule has 0 saturated carbocycles. The third-order valence-electron chi connectivity index (χ3n) is 3.85. The Kier molecular flexibility index (Phi) is 4.28. The summed E-state index contributed by atoms with van der Waals surface area (Å²) in [6.07, 6.45) is 2.06. The van der Waals surface area contributed by atoms with Crippen LogP contribution in [-0.4, -0.2) is 13.1 Å². The van der Waals surface area contributed by atoms with Crippen LogP contribution in [0.4, 0.5) is 10.1 Å². The van der Waals surface area contributed by atoms with Crippen LogP contribution in [0, 0.1) is 11.7 Å². The molecule has 2 aromatic rings. The molecular formula is C18H20FN3. The highest BCUT2D eigenvalue weighted by Gasteiger charge is 2.18. The molecule has 1 heterocycles. The second-order valence-electron chi connectivity index (χ2n) is 5.61. The average molecular weight is 297 g/mol. The highest BCUT2D eigenvalue weighted by Crippen LogP contribution is 2.21. The molecule has 0 amide bonds. The number of nitrogens with one attached hydrogen (secondary N) is 1. The summed E-state index contributed by atoms with van der Waals surface area (Å²) >= 11 is 0. The van der Waals surface area contributed by atoms with Crippen LogP contribution in [0.3, 0.4) is 0 Å². The lowest BCUT2D eigenvalue weighted by molar-refractivity contribution is 0.611. The molecule has 0 aliphatic carbocycles. The van der Waals surface area contributed by atoms with Gasteiger partial charge in [0.25, 0.3) is 0 Å². The van der Waals surface area contributed by atoms with Gasteiger partial charge in [0.2, 0.25) is 0 Å². The van der Waals surface area contributed by atoms with Gasteiger partial charge < -0.3 is 16.0 Å². The maximum absolute atomic E-state index is 13.2. The Morgan fingerprint density at radius 2 is 1.82 bits per heavy atom. The molecule has 0 unspecified atom stereocenters. The van der Waals surface area contributed by atoms with Gasteiger partial charge >= 0.3 is 0 Å². The van der Waals surface area contributed by atoms with E-state index >= 15 is 0 Å². The van der Waals surface area contributed by atoms with Crippen molar-refractivity contribution in [3.05, 3.63) is 77.9 Å². The van der Waals surface area contributed by atoms with Crippen molar-refractivity contribution in [2.75, 3.05) is 18.0 Å². The van der Waals surface area contributed by atoms with E-state index < -0.39 is 0 Å². The molecule has 22 heavy (non-hydrogen) atoms. The molecule has 3 N–H and O–H groups in total. The lowest BCUT2D eigenvalue weighted by Crippen LogP contribution is -2.30. The molecule has 1 aliphatic heterocycles. The molecule has 114 valence electrons. The third-order valence-corrected chi connectivity index (χ3v) is 3.85. The monoisotopic (exact) mass is 297 g/mol. The zero-order chi connectivity index (χ0) is 15.4. The molecular weight excluding hydrogens is 277 g/mol. The quantitative estimate of drug-likeness (QED) is 0.891. The molecule has 1 atom stereocenters. The predicted molar refractivity (Wildman–Crippen MR) is 87.7 cm³/mol. The molecule has 4 heteroatoms. The van der Waals surface area contributed by atoms with Crippen LogP contribution in [-0.2, 0) is 6.54 Å². The summed E-state index contributed by atoms with van der Waals surface area (Å²) in [5, 5.41) is 3.15. The Hall–Kier alpha value is -2.49. The highest BCUT2D eigenvalue weighted by atomic mass is 19.1. The lowest BCUT2D eigenvalue weighted by Gasteiger charge is -2.27. The molecule has 0 saturated heterocycles. The van der Waals surface area contributed by atoms with Crippen molar-refractivity contribution in [3.8, 4) is 0 Å². The van der Waals surface area contributed by atoms with Crippen LogP contribution >= 0.6 is 0 Å². The topological polar surface area (TPSA) is 41.3 Å². The molecule has 0 bridgehead atoms. The van der Waals surface area contributed by atoms with Gasteiger partial charge in [-0.2, -0.15) is 0 Å². The van der Waals surface area contributed by atoms with Crippen LogP contribution < -0.4 is 16.0 Å². The normalized spacial score (nSPS) is 17.0. The van der Waals surface area contributed by atoms with Crippen molar-refractivity contribution >= 4 is 5.69 Å². The number of halogens is 1. The van der Waals surface area contributed by atoms with Gasteiger partial charge in [-0.15, -0.1) is 0 Å². The maximum Gasteiger partial charge on any atom is 0.123 e. The zero-order valence-electron chi connectivity index (χ0n) is 12.4. The van der Waals surface area contributed by atoms with E-state index in [2.05, 4.69) is 28.4 Å². The molecule has 0 radical (unpaired) electrons. The van der Waals surface area contributed by atoms with Gasteiger partial charge in [0.15, 0.2) is 0 Å². The number of nitrogens with zero attached hydrogens (tertiary/aromatic N) is 1. The largest absolute Gasteiger partial charge is 0.386 e. The number of hydrogen-bond acceptors (Lipinski definition) is 3. The molecule has 0 fully saturated rings. The first kappa shape index (κ1) is 14.4. The Labute approximate surface area is 130 Å². The first-order valence-corrected chi connectivity index (χ1v) is 7.46. The fourth-order valence-corrected chi connectivity index (χ4v) is 2.74. The third kappa shape index (κ3) is 3.58. The van der Waals surface area contributed by atoms with E-state index in [0.29, 0.717) is 5.92 Å². The summed E-state index contributed by atoms with van der Waals surface area (Å²) in [4.78, 5) is 2.26. The van der Waals surface area contributed by atoms with Crippen molar-refractivity contribution < 1.29 is 4.39 Å². The summed E-state index contributed by atoms with van der Waals surface area (Å²) < 4.78 is 13.2. The van der Waals surface area contributed by atoms with Crippen molar-refractivity contribution in [3.63, 3.8) is 0 Å².